The third-order valence-corrected chi connectivity index (χ3v) is 8.26. The number of fused-ring (bicyclic) bond motifs is 1. The third-order valence-electron chi connectivity index (χ3n) is 5.30. The van der Waals surface area contributed by atoms with Crippen LogP contribution in [0.15, 0.2) is 0 Å². The van der Waals surface area contributed by atoms with Crippen LogP contribution in [0.25, 0.3) is 0 Å². The van der Waals surface area contributed by atoms with Crippen molar-refractivity contribution in [3.8, 4) is 0 Å². The molecule has 1 fully saturated rings. The average molecular weight is 443 g/mol. The normalized spacial score (nSPS) is 20.0. The predicted octanol–water partition coefficient (Wildman–Crippen LogP) is 1.78. The quantitative estimate of drug-likeness (QED) is 0.673. The summed E-state index contributed by atoms with van der Waals surface area (Å²) in [6.45, 7) is 3.05. The van der Waals surface area contributed by atoms with Gasteiger partial charge >= 0.3 is 5.97 Å². The van der Waals surface area contributed by atoms with Crippen molar-refractivity contribution < 1.29 is 27.5 Å². The zero-order chi connectivity index (χ0) is 21.2. The van der Waals surface area contributed by atoms with E-state index in [1.54, 1.807) is 6.92 Å². The zero-order valence-electron chi connectivity index (χ0n) is 16.7. The number of rotatable bonds is 6. The van der Waals surface area contributed by atoms with Crippen molar-refractivity contribution in [3.05, 3.63) is 16.0 Å². The molecule has 0 saturated carbocycles. The largest absolute Gasteiger partial charge is 0.452 e. The maximum atomic E-state index is 12.8. The van der Waals surface area contributed by atoms with Crippen LogP contribution in [-0.2, 0) is 37.0 Å². The first kappa shape index (κ1) is 21.8. The lowest BCUT2D eigenvalue weighted by Crippen LogP contribution is -2.43. The minimum absolute atomic E-state index is 0.0504. The molecule has 8 nitrogen and oxygen atoms in total. The summed E-state index contributed by atoms with van der Waals surface area (Å²) in [6.07, 6.45) is 4.00. The molecule has 3 rings (SSSR count). The van der Waals surface area contributed by atoms with Crippen LogP contribution in [0.2, 0.25) is 0 Å². The summed E-state index contributed by atoms with van der Waals surface area (Å²) in [5, 5.41) is 3.17. The van der Waals surface area contributed by atoms with Crippen LogP contribution in [0.1, 0.15) is 53.9 Å². The highest BCUT2D eigenvalue weighted by Gasteiger charge is 2.34. The number of amides is 2. The van der Waals surface area contributed by atoms with Gasteiger partial charge in [-0.15, -0.1) is 11.3 Å². The van der Waals surface area contributed by atoms with Gasteiger partial charge in [0.25, 0.3) is 5.91 Å². The van der Waals surface area contributed by atoms with Crippen LogP contribution in [-0.4, -0.2) is 61.8 Å². The van der Waals surface area contributed by atoms with Crippen LogP contribution in [0.5, 0.6) is 0 Å². The number of carbonyl (C=O) groups is 3. The van der Waals surface area contributed by atoms with Crippen molar-refractivity contribution in [2.75, 3.05) is 30.0 Å². The molecule has 1 aliphatic carbocycles. The summed E-state index contributed by atoms with van der Waals surface area (Å²) in [5.41, 5.74) is 1.25. The Morgan fingerprint density at radius 2 is 1.97 bits per heavy atom. The number of nitrogens with zero attached hydrogens (tertiary/aromatic N) is 1. The van der Waals surface area contributed by atoms with Gasteiger partial charge < -0.3 is 15.0 Å². The van der Waals surface area contributed by atoms with E-state index in [4.69, 9.17) is 4.74 Å². The first-order valence-electron chi connectivity index (χ1n) is 9.81. The molecule has 1 N–H and O–H groups in total. The molecule has 0 spiro atoms. The van der Waals surface area contributed by atoms with E-state index in [-0.39, 0.29) is 23.5 Å². The molecule has 2 heterocycles. The number of hydrogen-bond acceptors (Lipinski definition) is 7. The number of hydrogen-bond donors (Lipinski definition) is 1. The van der Waals surface area contributed by atoms with Crippen molar-refractivity contribution >= 4 is 44.0 Å². The molecule has 0 bridgehead atoms. The number of anilines is 1. The van der Waals surface area contributed by atoms with E-state index in [1.807, 2.05) is 0 Å². The van der Waals surface area contributed by atoms with Gasteiger partial charge in [-0.05, 0) is 44.6 Å². The Balaban J connectivity index is 1.71. The molecule has 10 heteroatoms. The predicted molar refractivity (Wildman–Crippen MR) is 110 cm³/mol. The SMILES string of the molecule is CCN(C(=O)COC(=O)c1c(NC(C)=O)sc2c1CCCC2)C1CCS(=O)(=O)C1. The van der Waals surface area contributed by atoms with E-state index in [9.17, 15) is 22.8 Å². The lowest BCUT2D eigenvalue weighted by molar-refractivity contribution is -0.136. The highest BCUT2D eigenvalue weighted by atomic mass is 32.2. The third kappa shape index (κ3) is 4.98. The van der Waals surface area contributed by atoms with Gasteiger partial charge in [0.2, 0.25) is 5.91 Å². The van der Waals surface area contributed by atoms with E-state index in [1.165, 1.54) is 23.2 Å². The summed E-state index contributed by atoms with van der Waals surface area (Å²) in [4.78, 5) is 39.4. The van der Waals surface area contributed by atoms with Crippen LogP contribution >= 0.6 is 11.3 Å². The number of thiophene rings is 1. The Labute approximate surface area is 174 Å². The summed E-state index contributed by atoms with van der Waals surface area (Å²) in [5.74, 6) is -1.29. The zero-order valence-corrected chi connectivity index (χ0v) is 18.3. The average Bonchev–Trinajstić information content (AvgIpc) is 3.19. The molecule has 0 aromatic carbocycles. The van der Waals surface area contributed by atoms with Gasteiger partial charge in [-0.1, -0.05) is 0 Å². The molecule has 29 heavy (non-hydrogen) atoms. The Hall–Kier alpha value is -1.94. The van der Waals surface area contributed by atoms with Crippen LogP contribution in [0.3, 0.4) is 0 Å². The molecule has 1 atom stereocenters. The molecule has 2 amide bonds. The van der Waals surface area contributed by atoms with E-state index in [0.717, 1.165) is 36.1 Å². The second-order valence-electron chi connectivity index (χ2n) is 7.41. The van der Waals surface area contributed by atoms with Gasteiger partial charge in [0.1, 0.15) is 5.00 Å². The molecular weight excluding hydrogens is 416 g/mol. The lowest BCUT2D eigenvalue weighted by atomic mass is 9.95. The van der Waals surface area contributed by atoms with Gasteiger partial charge in [0.05, 0.1) is 17.1 Å². The smallest absolute Gasteiger partial charge is 0.341 e. The number of aryl methyl sites for hydroxylation is 1. The van der Waals surface area contributed by atoms with Gasteiger partial charge in [0.15, 0.2) is 16.4 Å². The second-order valence-corrected chi connectivity index (χ2v) is 10.7. The minimum atomic E-state index is -3.12. The van der Waals surface area contributed by atoms with E-state index < -0.39 is 28.3 Å². The van der Waals surface area contributed by atoms with Crippen LogP contribution in [0, 0.1) is 0 Å². The van der Waals surface area contributed by atoms with Gasteiger partial charge in [-0.2, -0.15) is 0 Å². The number of sulfone groups is 1. The fourth-order valence-corrected chi connectivity index (χ4v) is 7.03. The van der Waals surface area contributed by atoms with Crippen molar-refractivity contribution in [2.24, 2.45) is 0 Å². The number of nitrogens with one attached hydrogen (secondary N) is 1. The fourth-order valence-electron chi connectivity index (χ4n) is 3.97. The van der Waals surface area contributed by atoms with Crippen molar-refractivity contribution in [3.63, 3.8) is 0 Å². The number of esters is 1. The first-order chi connectivity index (χ1) is 13.7. The fraction of sp³-hybridized carbons (Fsp3) is 0.632. The van der Waals surface area contributed by atoms with Gasteiger partial charge in [0, 0.05) is 24.4 Å². The Morgan fingerprint density at radius 3 is 2.59 bits per heavy atom. The Morgan fingerprint density at radius 1 is 1.24 bits per heavy atom. The Bertz CT molecular complexity index is 921. The topological polar surface area (TPSA) is 110 Å². The number of ether oxygens (including phenoxy) is 1. The van der Waals surface area contributed by atoms with E-state index in [2.05, 4.69) is 5.32 Å². The number of carbonyl (C=O) groups excluding carboxylic acids is 3. The number of likely N-dealkylation sites (N-methyl/N-ethyl adjacent to an activating group) is 1. The summed E-state index contributed by atoms with van der Waals surface area (Å²) >= 11 is 1.39. The summed E-state index contributed by atoms with van der Waals surface area (Å²) < 4.78 is 28.7. The molecule has 160 valence electrons. The molecule has 1 saturated heterocycles. The highest BCUT2D eigenvalue weighted by Crippen LogP contribution is 2.38. The molecule has 1 aromatic rings. The molecule has 1 unspecified atom stereocenters. The van der Waals surface area contributed by atoms with Crippen molar-refractivity contribution in [2.45, 2.75) is 52.0 Å². The van der Waals surface area contributed by atoms with E-state index in [0.29, 0.717) is 23.5 Å². The van der Waals surface area contributed by atoms with Crippen molar-refractivity contribution in [1.82, 2.24) is 4.90 Å². The van der Waals surface area contributed by atoms with E-state index >= 15 is 0 Å². The Kier molecular flexibility index (Phi) is 6.62. The summed E-state index contributed by atoms with van der Waals surface area (Å²) in [6, 6.07) is -0.375. The summed E-state index contributed by atoms with van der Waals surface area (Å²) in [7, 11) is -3.12. The maximum absolute atomic E-state index is 12.8. The molecule has 2 aliphatic rings. The standard InChI is InChI=1S/C19H26N2O6S2/c1-3-21(13-8-9-29(25,26)11-13)16(23)10-27-19(24)17-14-6-4-5-7-15(14)28-18(17)20-12(2)22/h13H,3-11H2,1-2H3,(H,20,22). The first-order valence-corrected chi connectivity index (χ1v) is 12.4. The second kappa shape index (κ2) is 8.83. The molecular formula is C19H26N2O6S2. The minimum Gasteiger partial charge on any atom is -0.452 e. The lowest BCUT2D eigenvalue weighted by Gasteiger charge is -2.26. The monoisotopic (exact) mass is 442 g/mol. The highest BCUT2D eigenvalue weighted by molar-refractivity contribution is 7.91. The van der Waals surface area contributed by atoms with Crippen molar-refractivity contribution in [1.29, 1.82) is 0 Å². The van der Waals surface area contributed by atoms with Crippen LogP contribution in [0.4, 0.5) is 5.00 Å². The van der Waals surface area contributed by atoms with Crippen LogP contribution < -0.4 is 5.32 Å². The molecule has 1 aromatic heterocycles. The van der Waals surface area contributed by atoms with Gasteiger partial charge in [-0.25, -0.2) is 13.2 Å². The van der Waals surface area contributed by atoms with Gasteiger partial charge in [-0.3, -0.25) is 9.59 Å². The maximum Gasteiger partial charge on any atom is 0.341 e. The molecule has 1 aliphatic heterocycles. The molecule has 0 radical (unpaired) electrons.